The Hall–Kier alpha value is -3.42. The summed E-state index contributed by atoms with van der Waals surface area (Å²) in [7, 11) is 1.52. The van der Waals surface area contributed by atoms with Crippen LogP contribution in [0.1, 0.15) is 47.8 Å². The van der Waals surface area contributed by atoms with Gasteiger partial charge in [-0.1, -0.05) is 42.5 Å². The topological polar surface area (TPSA) is 59.4 Å². The molecule has 1 saturated heterocycles. The lowest BCUT2D eigenvalue weighted by atomic mass is 9.89. The minimum atomic E-state index is -2.85. The number of aromatic nitrogens is 2. The molecule has 3 aliphatic rings. The van der Waals surface area contributed by atoms with Crippen molar-refractivity contribution in [2.45, 2.75) is 43.2 Å². The molecule has 6 nitrogen and oxygen atoms in total. The second-order valence-corrected chi connectivity index (χ2v) is 10.5. The molecule has 3 heterocycles. The minimum absolute atomic E-state index is 0.0131. The van der Waals surface area contributed by atoms with Gasteiger partial charge in [-0.3, -0.25) is 4.79 Å². The summed E-state index contributed by atoms with van der Waals surface area (Å²) in [5.74, 6) is -2.85. The van der Waals surface area contributed by atoms with Gasteiger partial charge in [0, 0.05) is 13.1 Å². The van der Waals surface area contributed by atoms with Crippen LogP contribution in [0.25, 0.3) is 0 Å². The van der Waals surface area contributed by atoms with Crippen LogP contribution < -0.4 is 10.1 Å². The van der Waals surface area contributed by atoms with Crippen molar-refractivity contribution in [2.24, 2.45) is 5.92 Å². The van der Waals surface area contributed by atoms with Gasteiger partial charge in [0.2, 0.25) is 0 Å². The first-order chi connectivity index (χ1) is 16.7. The number of amides is 1. The lowest BCUT2D eigenvalue weighted by Gasteiger charge is -2.38. The fourth-order valence-electron chi connectivity index (χ4n) is 6.11. The van der Waals surface area contributed by atoms with E-state index in [0.717, 1.165) is 12.0 Å². The van der Waals surface area contributed by atoms with E-state index < -0.39 is 17.3 Å². The molecule has 2 aliphatic heterocycles. The molecule has 3 aromatic rings. The maximum atomic E-state index is 15.0. The number of alkyl halides is 2. The van der Waals surface area contributed by atoms with Gasteiger partial charge in [-0.25, -0.2) is 13.5 Å². The zero-order valence-corrected chi connectivity index (χ0v) is 20.0. The Morgan fingerprint density at radius 2 is 1.91 bits per heavy atom. The molecule has 6 rings (SSSR count). The number of nitrogens with one attached hydrogen (secondary N) is 1. The fraction of sp³-hybridized carbons (Fsp3) is 0.407. The molecule has 0 spiro atoms. The Morgan fingerprint density at radius 3 is 2.66 bits per heavy atom. The monoisotopic (exact) mass is 478 g/mol. The summed E-state index contributed by atoms with van der Waals surface area (Å²) in [4.78, 5) is 15.2. The fourth-order valence-corrected chi connectivity index (χ4v) is 6.11. The first-order valence-electron chi connectivity index (χ1n) is 11.9. The molecule has 1 aromatic heterocycles. The van der Waals surface area contributed by atoms with Gasteiger partial charge in [0.05, 0.1) is 36.2 Å². The number of rotatable bonds is 4. The average Bonchev–Trinajstić information content (AvgIpc) is 3.27. The van der Waals surface area contributed by atoms with Gasteiger partial charge in [-0.2, -0.15) is 5.10 Å². The van der Waals surface area contributed by atoms with E-state index in [1.54, 1.807) is 35.4 Å². The Bertz CT molecular complexity index is 1310. The van der Waals surface area contributed by atoms with E-state index in [1.165, 1.54) is 7.11 Å². The summed E-state index contributed by atoms with van der Waals surface area (Å²) in [6.45, 7) is 4.17. The van der Waals surface area contributed by atoms with Crippen molar-refractivity contribution in [3.63, 3.8) is 0 Å². The van der Waals surface area contributed by atoms with E-state index in [0.29, 0.717) is 22.7 Å². The number of carbonyl (C=O) groups excluding carboxylic acids is 1. The number of piperidine rings is 1. The van der Waals surface area contributed by atoms with Crippen LogP contribution in [-0.4, -0.2) is 46.7 Å². The average molecular weight is 479 g/mol. The Balaban J connectivity index is 1.31. The lowest BCUT2D eigenvalue weighted by molar-refractivity contribution is 0.0394. The standard InChI is InChI=1S/C27H28F2N4O2/c1-25(2)13-21(17-8-5-4-6-9-17)31-23-20(14-30-33(23)25)24(34)32-15-22-26(16-32,27(22,28)29)18-10-7-11-19(12-18)35-3/h4-12,14,21-22,31H,13,15-16H2,1-3H3/t21-,22?,26?/m1/s1. The van der Waals surface area contributed by atoms with Crippen molar-refractivity contribution in [3.05, 3.63) is 77.5 Å². The molecule has 2 unspecified atom stereocenters. The molecule has 3 atom stereocenters. The minimum Gasteiger partial charge on any atom is -0.497 e. The molecule has 182 valence electrons. The summed E-state index contributed by atoms with van der Waals surface area (Å²) in [6, 6.07) is 17.0. The number of benzene rings is 2. The SMILES string of the molecule is COc1cccc(C23CN(C(=O)c4cnn5c4N[C@@H](c4ccccc4)CC5(C)C)CC2C3(F)F)c1. The van der Waals surface area contributed by atoms with Crippen LogP contribution in [0.15, 0.2) is 60.8 Å². The van der Waals surface area contributed by atoms with Gasteiger partial charge >= 0.3 is 0 Å². The second kappa shape index (κ2) is 7.29. The highest BCUT2D eigenvalue weighted by molar-refractivity contribution is 5.99. The molecule has 1 N–H and O–H groups in total. The van der Waals surface area contributed by atoms with E-state index in [2.05, 4.69) is 36.4 Å². The number of hydrogen-bond acceptors (Lipinski definition) is 4. The van der Waals surface area contributed by atoms with E-state index in [9.17, 15) is 4.79 Å². The third-order valence-electron chi connectivity index (χ3n) is 8.05. The molecule has 0 radical (unpaired) electrons. The van der Waals surface area contributed by atoms with Crippen LogP contribution in [0.2, 0.25) is 0 Å². The third kappa shape index (κ3) is 3.04. The van der Waals surface area contributed by atoms with Crippen LogP contribution in [0.3, 0.4) is 0 Å². The highest BCUT2D eigenvalue weighted by atomic mass is 19.3. The molecule has 2 fully saturated rings. The molecular formula is C27H28F2N4O2. The number of fused-ring (bicyclic) bond motifs is 2. The number of hydrogen-bond donors (Lipinski definition) is 1. The Morgan fingerprint density at radius 1 is 1.14 bits per heavy atom. The number of anilines is 1. The zero-order valence-electron chi connectivity index (χ0n) is 20.0. The number of likely N-dealkylation sites (tertiary alicyclic amines) is 1. The first kappa shape index (κ1) is 22.1. The molecule has 1 saturated carbocycles. The third-order valence-corrected chi connectivity index (χ3v) is 8.05. The first-order valence-corrected chi connectivity index (χ1v) is 11.9. The molecule has 1 aliphatic carbocycles. The molecule has 1 amide bonds. The van der Waals surface area contributed by atoms with Gasteiger partial charge in [0.15, 0.2) is 0 Å². The molecule has 35 heavy (non-hydrogen) atoms. The van der Waals surface area contributed by atoms with E-state index >= 15 is 8.78 Å². The van der Waals surface area contributed by atoms with Gasteiger partial charge in [0.25, 0.3) is 11.8 Å². The number of halogens is 2. The van der Waals surface area contributed by atoms with E-state index in [1.807, 2.05) is 22.9 Å². The second-order valence-electron chi connectivity index (χ2n) is 10.5. The molecule has 0 bridgehead atoms. The van der Waals surface area contributed by atoms with Crippen molar-refractivity contribution >= 4 is 11.7 Å². The van der Waals surface area contributed by atoms with Gasteiger partial charge in [0.1, 0.15) is 17.1 Å². The van der Waals surface area contributed by atoms with Crippen molar-refractivity contribution in [1.29, 1.82) is 0 Å². The summed E-state index contributed by atoms with van der Waals surface area (Å²) < 4.78 is 37.1. The normalized spacial score (nSPS) is 27.5. The van der Waals surface area contributed by atoms with E-state index in [4.69, 9.17) is 4.74 Å². The zero-order chi connectivity index (χ0) is 24.6. The lowest BCUT2D eigenvalue weighted by Crippen LogP contribution is -2.40. The summed E-state index contributed by atoms with van der Waals surface area (Å²) in [5, 5.41) is 8.03. The van der Waals surface area contributed by atoms with Crippen molar-refractivity contribution in [3.8, 4) is 5.75 Å². The molecule has 2 aromatic carbocycles. The largest absolute Gasteiger partial charge is 0.497 e. The van der Waals surface area contributed by atoms with Gasteiger partial charge in [-0.05, 0) is 43.5 Å². The smallest absolute Gasteiger partial charge is 0.265 e. The Labute approximate surface area is 202 Å². The quantitative estimate of drug-likeness (QED) is 0.583. The van der Waals surface area contributed by atoms with Crippen LogP contribution in [0.4, 0.5) is 14.6 Å². The van der Waals surface area contributed by atoms with Crippen LogP contribution in [-0.2, 0) is 11.0 Å². The summed E-state index contributed by atoms with van der Waals surface area (Å²) >= 11 is 0. The van der Waals surface area contributed by atoms with Crippen molar-refractivity contribution in [1.82, 2.24) is 14.7 Å². The number of methoxy groups -OCH3 is 1. The predicted molar refractivity (Wildman–Crippen MR) is 128 cm³/mol. The van der Waals surface area contributed by atoms with Gasteiger partial charge in [-0.15, -0.1) is 0 Å². The van der Waals surface area contributed by atoms with Crippen LogP contribution in [0, 0.1) is 5.92 Å². The molecular weight excluding hydrogens is 450 g/mol. The maximum absolute atomic E-state index is 15.0. The predicted octanol–water partition coefficient (Wildman–Crippen LogP) is 4.84. The molecule has 8 heteroatoms. The highest BCUT2D eigenvalue weighted by Crippen LogP contribution is 2.70. The van der Waals surface area contributed by atoms with Crippen molar-refractivity contribution in [2.75, 3.05) is 25.5 Å². The Kier molecular flexibility index (Phi) is 4.60. The maximum Gasteiger partial charge on any atom is 0.265 e. The van der Waals surface area contributed by atoms with Crippen LogP contribution >= 0.6 is 0 Å². The van der Waals surface area contributed by atoms with E-state index in [-0.39, 0.29) is 30.6 Å². The number of nitrogens with zero attached hydrogens (tertiary/aromatic N) is 3. The van der Waals surface area contributed by atoms with Crippen LogP contribution in [0.5, 0.6) is 5.75 Å². The summed E-state index contributed by atoms with van der Waals surface area (Å²) in [6.07, 6.45) is 2.37. The van der Waals surface area contributed by atoms with Gasteiger partial charge < -0.3 is 15.0 Å². The number of ether oxygens (including phenoxy) is 1. The highest BCUT2D eigenvalue weighted by Gasteiger charge is 2.84. The summed E-state index contributed by atoms with van der Waals surface area (Å²) in [5.41, 5.74) is 0.378. The number of carbonyl (C=O) groups is 1. The van der Waals surface area contributed by atoms with Crippen molar-refractivity contribution < 1.29 is 18.3 Å².